The number of carbonyl (C=O) groups is 1. The van der Waals surface area contributed by atoms with E-state index in [0.29, 0.717) is 0 Å². The lowest BCUT2D eigenvalue weighted by atomic mass is 10.1. The number of benzene rings is 1. The molecule has 0 saturated carbocycles. The highest BCUT2D eigenvalue weighted by atomic mass is 19.3. The first-order chi connectivity index (χ1) is 7.41. The van der Waals surface area contributed by atoms with Crippen LogP contribution < -0.4 is 4.74 Å². The van der Waals surface area contributed by atoms with E-state index in [4.69, 9.17) is 5.11 Å². The van der Waals surface area contributed by atoms with E-state index in [1.54, 1.807) is 0 Å². The lowest BCUT2D eigenvalue weighted by molar-refractivity contribution is -0.136. The SMILES string of the molecule is Cc1ccc(CC(=O)O)c(F)c1OC(F)F. The average molecular weight is 234 g/mol. The highest BCUT2D eigenvalue weighted by Crippen LogP contribution is 2.27. The normalized spacial score (nSPS) is 10.6. The van der Waals surface area contributed by atoms with Gasteiger partial charge in [-0.05, 0) is 12.5 Å². The number of alkyl halides is 2. The van der Waals surface area contributed by atoms with E-state index in [0.717, 1.165) is 0 Å². The van der Waals surface area contributed by atoms with Crippen LogP contribution in [0.25, 0.3) is 0 Å². The Morgan fingerprint density at radius 2 is 2.12 bits per heavy atom. The summed E-state index contributed by atoms with van der Waals surface area (Å²) in [5.74, 6) is -2.90. The quantitative estimate of drug-likeness (QED) is 0.869. The van der Waals surface area contributed by atoms with Crippen LogP contribution in [0.4, 0.5) is 13.2 Å². The Bertz CT molecular complexity index is 405. The van der Waals surface area contributed by atoms with Gasteiger partial charge in [-0.1, -0.05) is 12.1 Å². The van der Waals surface area contributed by atoms with Gasteiger partial charge in [-0.2, -0.15) is 8.78 Å². The summed E-state index contributed by atoms with van der Waals surface area (Å²) < 4.78 is 41.5. The zero-order chi connectivity index (χ0) is 12.3. The molecule has 0 aliphatic heterocycles. The van der Waals surface area contributed by atoms with Crippen molar-refractivity contribution in [2.75, 3.05) is 0 Å². The Kier molecular flexibility index (Phi) is 3.76. The molecular weight excluding hydrogens is 225 g/mol. The molecule has 0 saturated heterocycles. The van der Waals surface area contributed by atoms with E-state index in [1.165, 1.54) is 19.1 Å². The largest absolute Gasteiger partial charge is 0.481 e. The van der Waals surface area contributed by atoms with Gasteiger partial charge >= 0.3 is 12.6 Å². The van der Waals surface area contributed by atoms with Crippen molar-refractivity contribution >= 4 is 5.97 Å². The molecule has 0 radical (unpaired) electrons. The molecule has 6 heteroatoms. The number of rotatable bonds is 4. The molecule has 0 amide bonds. The third-order valence-corrected chi connectivity index (χ3v) is 1.92. The van der Waals surface area contributed by atoms with Crippen molar-refractivity contribution in [3.63, 3.8) is 0 Å². The highest BCUT2D eigenvalue weighted by Gasteiger charge is 2.17. The van der Waals surface area contributed by atoms with E-state index >= 15 is 0 Å². The van der Waals surface area contributed by atoms with Crippen LogP contribution in [0.2, 0.25) is 0 Å². The number of halogens is 3. The molecule has 0 aliphatic carbocycles. The first-order valence-electron chi connectivity index (χ1n) is 4.36. The third-order valence-electron chi connectivity index (χ3n) is 1.92. The molecule has 1 N–H and O–H groups in total. The number of hydrogen-bond acceptors (Lipinski definition) is 2. The fourth-order valence-corrected chi connectivity index (χ4v) is 1.23. The smallest absolute Gasteiger partial charge is 0.387 e. The fraction of sp³-hybridized carbons (Fsp3) is 0.300. The fourth-order valence-electron chi connectivity index (χ4n) is 1.23. The standard InChI is InChI=1S/C10H9F3O3/c1-5-2-3-6(4-7(14)15)8(11)9(5)16-10(12)13/h2-3,10H,4H2,1H3,(H,14,15). The predicted molar refractivity (Wildman–Crippen MR) is 49.1 cm³/mol. The van der Waals surface area contributed by atoms with Crippen molar-refractivity contribution in [3.8, 4) is 5.75 Å². The molecule has 0 atom stereocenters. The predicted octanol–water partition coefficient (Wildman–Crippen LogP) is 2.36. The summed E-state index contributed by atoms with van der Waals surface area (Å²) in [4.78, 5) is 10.4. The minimum atomic E-state index is -3.15. The second-order valence-corrected chi connectivity index (χ2v) is 3.13. The second kappa shape index (κ2) is 4.87. The van der Waals surface area contributed by atoms with E-state index in [2.05, 4.69) is 4.74 Å². The van der Waals surface area contributed by atoms with Crippen LogP contribution >= 0.6 is 0 Å². The van der Waals surface area contributed by atoms with Crippen LogP contribution in [0.15, 0.2) is 12.1 Å². The summed E-state index contributed by atoms with van der Waals surface area (Å²) in [6.45, 7) is -1.75. The lowest BCUT2D eigenvalue weighted by Gasteiger charge is -2.11. The van der Waals surface area contributed by atoms with Crippen LogP contribution in [0, 0.1) is 12.7 Å². The molecule has 0 aliphatic rings. The molecule has 0 aromatic heterocycles. The van der Waals surface area contributed by atoms with E-state index in [1.807, 2.05) is 0 Å². The summed E-state index contributed by atoms with van der Waals surface area (Å²) in [7, 11) is 0. The first kappa shape index (κ1) is 12.4. The molecule has 0 unspecified atom stereocenters. The number of aryl methyl sites for hydroxylation is 1. The van der Waals surface area contributed by atoms with Crippen molar-refractivity contribution in [2.24, 2.45) is 0 Å². The molecule has 1 rings (SSSR count). The lowest BCUT2D eigenvalue weighted by Crippen LogP contribution is -2.09. The van der Waals surface area contributed by atoms with Gasteiger partial charge in [0.05, 0.1) is 6.42 Å². The Hall–Kier alpha value is -1.72. The molecule has 0 bridgehead atoms. The molecule has 1 aromatic carbocycles. The third kappa shape index (κ3) is 2.88. The van der Waals surface area contributed by atoms with Crippen molar-refractivity contribution in [1.29, 1.82) is 0 Å². The van der Waals surface area contributed by atoms with E-state index in [-0.39, 0.29) is 11.1 Å². The van der Waals surface area contributed by atoms with Crippen LogP contribution in [-0.4, -0.2) is 17.7 Å². The summed E-state index contributed by atoms with van der Waals surface area (Å²) >= 11 is 0. The number of carboxylic acid groups (broad SMARTS) is 1. The summed E-state index contributed by atoms with van der Waals surface area (Å²) in [5.41, 5.74) is 0.000638. The minimum Gasteiger partial charge on any atom is -0.481 e. The zero-order valence-electron chi connectivity index (χ0n) is 8.34. The van der Waals surface area contributed by atoms with Crippen molar-refractivity contribution in [3.05, 3.63) is 29.1 Å². The van der Waals surface area contributed by atoms with Gasteiger partial charge in [0.25, 0.3) is 0 Å². The Morgan fingerprint density at radius 1 is 1.50 bits per heavy atom. The maximum absolute atomic E-state index is 13.5. The van der Waals surface area contributed by atoms with E-state index < -0.39 is 30.6 Å². The van der Waals surface area contributed by atoms with E-state index in [9.17, 15) is 18.0 Å². The molecule has 0 spiro atoms. The maximum atomic E-state index is 13.5. The van der Waals surface area contributed by atoms with Gasteiger partial charge in [-0.25, -0.2) is 4.39 Å². The van der Waals surface area contributed by atoms with Gasteiger partial charge in [-0.3, -0.25) is 4.79 Å². The number of ether oxygens (including phenoxy) is 1. The summed E-state index contributed by atoms with van der Waals surface area (Å²) in [6.07, 6.45) is -0.578. The summed E-state index contributed by atoms with van der Waals surface area (Å²) in [5, 5.41) is 8.48. The van der Waals surface area contributed by atoms with Crippen LogP contribution in [0.1, 0.15) is 11.1 Å². The Labute approximate surface area is 89.5 Å². The molecular formula is C10H9F3O3. The highest BCUT2D eigenvalue weighted by molar-refractivity contribution is 5.70. The van der Waals surface area contributed by atoms with Crippen molar-refractivity contribution in [2.45, 2.75) is 20.0 Å². The topological polar surface area (TPSA) is 46.5 Å². The molecule has 0 fully saturated rings. The number of carboxylic acids is 1. The van der Waals surface area contributed by atoms with Gasteiger partial charge in [0.1, 0.15) is 0 Å². The monoisotopic (exact) mass is 234 g/mol. The average Bonchev–Trinajstić information content (AvgIpc) is 2.16. The Morgan fingerprint density at radius 3 is 2.62 bits per heavy atom. The number of aliphatic carboxylic acids is 1. The molecule has 3 nitrogen and oxygen atoms in total. The molecule has 1 aromatic rings. The first-order valence-corrected chi connectivity index (χ1v) is 4.36. The second-order valence-electron chi connectivity index (χ2n) is 3.13. The molecule has 88 valence electrons. The van der Waals surface area contributed by atoms with Crippen molar-refractivity contribution in [1.82, 2.24) is 0 Å². The van der Waals surface area contributed by atoms with Crippen LogP contribution in [0.5, 0.6) is 5.75 Å². The summed E-state index contributed by atoms with van der Waals surface area (Å²) in [6, 6.07) is 2.57. The van der Waals surface area contributed by atoms with Crippen LogP contribution in [0.3, 0.4) is 0 Å². The van der Waals surface area contributed by atoms with Gasteiger partial charge in [0.15, 0.2) is 11.6 Å². The van der Waals surface area contributed by atoms with Gasteiger partial charge in [0, 0.05) is 5.56 Å². The minimum absolute atomic E-state index is 0.186. The van der Waals surface area contributed by atoms with Gasteiger partial charge in [0.2, 0.25) is 0 Å². The van der Waals surface area contributed by atoms with Crippen LogP contribution in [-0.2, 0) is 11.2 Å². The zero-order valence-corrected chi connectivity index (χ0v) is 8.34. The maximum Gasteiger partial charge on any atom is 0.387 e. The van der Waals surface area contributed by atoms with Crippen molar-refractivity contribution < 1.29 is 27.8 Å². The number of hydrogen-bond donors (Lipinski definition) is 1. The van der Waals surface area contributed by atoms with Gasteiger partial charge < -0.3 is 9.84 Å². The Balaban J connectivity index is 3.10. The molecule has 0 heterocycles. The molecule has 16 heavy (non-hydrogen) atoms. The van der Waals surface area contributed by atoms with Gasteiger partial charge in [-0.15, -0.1) is 0 Å².